The minimum absolute atomic E-state index is 0.571. The second kappa shape index (κ2) is 3.87. The Kier molecular flexibility index (Phi) is 2.92. The molecule has 0 fully saturated rings. The summed E-state index contributed by atoms with van der Waals surface area (Å²) in [6.45, 7) is 0. The van der Waals surface area contributed by atoms with Crippen LogP contribution in [0.3, 0.4) is 0 Å². The predicted octanol–water partition coefficient (Wildman–Crippen LogP) is 0.540. The van der Waals surface area contributed by atoms with Crippen LogP contribution in [-0.2, 0) is 10.1 Å². The van der Waals surface area contributed by atoms with Crippen LogP contribution in [0.15, 0.2) is 23.1 Å². The minimum Gasteiger partial charge on any atom is -0.478 e. The second-order valence-electron chi connectivity index (χ2n) is 2.75. The molecule has 0 aliphatic rings. The van der Waals surface area contributed by atoms with E-state index in [2.05, 4.69) is 0 Å². The molecule has 9 heteroatoms. The van der Waals surface area contributed by atoms with Gasteiger partial charge in [0.25, 0.3) is 15.8 Å². The molecule has 8 nitrogen and oxygen atoms in total. The number of nitro groups is 1. The van der Waals surface area contributed by atoms with Gasteiger partial charge in [0.1, 0.15) is 4.90 Å². The maximum Gasteiger partial charge on any atom is 0.335 e. The van der Waals surface area contributed by atoms with Crippen molar-refractivity contribution in [2.75, 3.05) is 0 Å². The molecule has 0 aromatic heterocycles. The monoisotopic (exact) mass is 247 g/mol. The van der Waals surface area contributed by atoms with Crippen LogP contribution in [0.2, 0.25) is 0 Å². The summed E-state index contributed by atoms with van der Waals surface area (Å²) in [5.74, 6) is -1.53. The summed E-state index contributed by atoms with van der Waals surface area (Å²) < 4.78 is 30.1. The average Bonchev–Trinajstić information content (AvgIpc) is 2.15. The first-order valence-corrected chi connectivity index (χ1v) is 5.16. The number of benzene rings is 1. The van der Waals surface area contributed by atoms with Crippen molar-refractivity contribution in [2.45, 2.75) is 4.90 Å². The summed E-state index contributed by atoms with van der Waals surface area (Å²) in [6, 6.07) is 1.89. The molecule has 1 aromatic carbocycles. The largest absolute Gasteiger partial charge is 0.478 e. The van der Waals surface area contributed by atoms with Gasteiger partial charge in [-0.15, -0.1) is 0 Å². The molecule has 2 N–H and O–H groups in total. The topological polar surface area (TPSA) is 135 Å². The molecular weight excluding hydrogens is 242 g/mol. The van der Waals surface area contributed by atoms with Crippen LogP contribution in [-0.4, -0.2) is 29.0 Å². The third-order valence-corrected chi connectivity index (χ3v) is 2.48. The van der Waals surface area contributed by atoms with Gasteiger partial charge in [0.15, 0.2) is 0 Å². The lowest BCUT2D eigenvalue weighted by Crippen LogP contribution is -2.04. The molecule has 0 aliphatic heterocycles. The summed E-state index contributed by atoms with van der Waals surface area (Å²) in [4.78, 5) is 19.2. The number of aromatic carboxylic acids is 1. The molecule has 0 aliphatic carbocycles. The van der Waals surface area contributed by atoms with Gasteiger partial charge < -0.3 is 5.11 Å². The molecule has 86 valence electrons. The van der Waals surface area contributed by atoms with Gasteiger partial charge in [0, 0.05) is 12.1 Å². The number of hydrogen-bond donors (Lipinski definition) is 2. The van der Waals surface area contributed by atoms with E-state index in [1.54, 1.807) is 0 Å². The maximum atomic E-state index is 10.7. The summed E-state index contributed by atoms with van der Waals surface area (Å²) in [6.07, 6.45) is 0. The SMILES string of the molecule is O=C(O)c1cc([N+](=O)[O-])cc(S(=O)(=O)O)c1. The summed E-state index contributed by atoms with van der Waals surface area (Å²) in [5, 5.41) is 19.0. The quantitative estimate of drug-likeness (QED) is 0.452. The van der Waals surface area contributed by atoms with Crippen molar-refractivity contribution in [1.82, 2.24) is 0 Å². The molecular formula is C7H5NO7S. The van der Waals surface area contributed by atoms with E-state index in [4.69, 9.17) is 9.66 Å². The van der Waals surface area contributed by atoms with Crippen LogP contribution < -0.4 is 0 Å². The van der Waals surface area contributed by atoms with E-state index in [-0.39, 0.29) is 0 Å². The van der Waals surface area contributed by atoms with E-state index in [1.165, 1.54) is 0 Å². The molecule has 0 saturated heterocycles. The van der Waals surface area contributed by atoms with Crippen molar-refractivity contribution in [1.29, 1.82) is 0 Å². The van der Waals surface area contributed by atoms with Crippen molar-refractivity contribution in [3.8, 4) is 0 Å². The molecule has 0 saturated carbocycles. The Hall–Kier alpha value is -2.00. The fourth-order valence-corrected chi connectivity index (χ4v) is 1.51. The average molecular weight is 247 g/mol. The molecule has 0 radical (unpaired) electrons. The van der Waals surface area contributed by atoms with Gasteiger partial charge in [-0.3, -0.25) is 14.7 Å². The zero-order valence-corrected chi connectivity index (χ0v) is 8.34. The standard InChI is InChI=1S/C7H5NO7S/c9-7(10)4-1-5(8(11)12)3-6(2-4)16(13,14)15/h1-3H,(H,9,10)(H,13,14,15). The highest BCUT2D eigenvalue weighted by Gasteiger charge is 2.19. The smallest absolute Gasteiger partial charge is 0.335 e. The number of non-ortho nitro benzene ring substituents is 1. The lowest BCUT2D eigenvalue weighted by Gasteiger charge is -1.99. The number of carboxylic acids is 1. The fourth-order valence-electron chi connectivity index (χ4n) is 0.961. The van der Waals surface area contributed by atoms with Gasteiger partial charge in [-0.1, -0.05) is 0 Å². The first kappa shape index (κ1) is 12.1. The summed E-state index contributed by atoms with van der Waals surface area (Å²) in [7, 11) is -4.68. The molecule has 0 spiro atoms. The Balaban J connectivity index is 3.54. The first-order chi connectivity index (χ1) is 7.21. The number of nitrogens with zero attached hydrogens (tertiary/aromatic N) is 1. The van der Waals surface area contributed by atoms with Crippen LogP contribution in [0.5, 0.6) is 0 Å². The van der Waals surface area contributed by atoms with E-state index in [1.807, 2.05) is 0 Å². The maximum absolute atomic E-state index is 10.7. The van der Waals surface area contributed by atoms with Gasteiger partial charge in [0.05, 0.1) is 10.5 Å². The van der Waals surface area contributed by atoms with E-state index < -0.39 is 37.2 Å². The third kappa shape index (κ3) is 2.52. The summed E-state index contributed by atoms with van der Waals surface area (Å²) in [5.41, 5.74) is -1.32. The van der Waals surface area contributed by atoms with Crippen LogP contribution in [0.4, 0.5) is 5.69 Å². The fraction of sp³-hybridized carbons (Fsp3) is 0. The highest BCUT2D eigenvalue weighted by molar-refractivity contribution is 7.85. The minimum atomic E-state index is -4.68. The van der Waals surface area contributed by atoms with Crippen LogP contribution in [0, 0.1) is 10.1 Å². The van der Waals surface area contributed by atoms with Gasteiger partial charge >= 0.3 is 5.97 Å². The van der Waals surface area contributed by atoms with E-state index in [0.29, 0.717) is 18.2 Å². The second-order valence-corrected chi connectivity index (χ2v) is 4.17. The van der Waals surface area contributed by atoms with Crippen molar-refractivity contribution in [3.63, 3.8) is 0 Å². The number of carboxylic acid groups (broad SMARTS) is 1. The van der Waals surface area contributed by atoms with Crippen molar-refractivity contribution in [3.05, 3.63) is 33.9 Å². The molecule has 0 unspecified atom stereocenters. The molecule has 0 heterocycles. The highest BCUT2D eigenvalue weighted by Crippen LogP contribution is 2.20. The normalized spacial score (nSPS) is 11.1. The molecule has 1 rings (SSSR count). The van der Waals surface area contributed by atoms with Crippen molar-refractivity contribution >= 4 is 21.8 Å². The van der Waals surface area contributed by atoms with E-state index in [9.17, 15) is 23.3 Å². The number of carbonyl (C=O) groups is 1. The van der Waals surface area contributed by atoms with Crippen LogP contribution in [0.25, 0.3) is 0 Å². The highest BCUT2D eigenvalue weighted by atomic mass is 32.2. The first-order valence-electron chi connectivity index (χ1n) is 3.72. The van der Waals surface area contributed by atoms with Gasteiger partial charge in [-0.2, -0.15) is 8.42 Å². The lowest BCUT2D eigenvalue weighted by atomic mass is 10.2. The third-order valence-electron chi connectivity index (χ3n) is 1.65. The van der Waals surface area contributed by atoms with E-state index in [0.717, 1.165) is 0 Å². The Labute approximate surface area is 89.0 Å². The van der Waals surface area contributed by atoms with E-state index >= 15 is 0 Å². The summed E-state index contributed by atoms with van der Waals surface area (Å²) >= 11 is 0. The van der Waals surface area contributed by atoms with Gasteiger partial charge in [-0.25, -0.2) is 4.79 Å². The van der Waals surface area contributed by atoms with Crippen molar-refractivity contribution < 1.29 is 27.8 Å². The van der Waals surface area contributed by atoms with Crippen LogP contribution >= 0.6 is 0 Å². The molecule has 1 aromatic rings. The molecule has 0 amide bonds. The molecule has 16 heavy (non-hydrogen) atoms. The molecule has 0 bridgehead atoms. The Morgan fingerprint density at radius 1 is 1.31 bits per heavy atom. The van der Waals surface area contributed by atoms with Crippen LogP contribution in [0.1, 0.15) is 10.4 Å². The molecule has 0 atom stereocenters. The Morgan fingerprint density at radius 3 is 2.25 bits per heavy atom. The number of rotatable bonds is 3. The van der Waals surface area contributed by atoms with Gasteiger partial charge in [0.2, 0.25) is 0 Å². The lowest BCUT2D eigenvalue weighted by molar-refractivity contribution is -0.385. The zero-order chi connectivity index (χ0) is 12.5. The zero-order valence-electron chi connectivity index (χ0n) is 7.52. The van der Waals surface area contributed by atoms with Gasteiger partial charge in [-0.05, 0) is 6.07 Å². The Bertz CT molecular complexity index is 530. The predicted molar refractivity (Wildman–Crippen MR) is 49.9 cm³/mol. The number of hydrogen-bond acceptors (Lipinski definition) is 5. The Morgan fingerprint density at radius 2 is 1.88 bits per heavy atom. The number of nitro benzene ring substituents is 1. The van der Waals surface area contributed by atoms with Crippen molar-refractivity contribution in [2.24, 2.45) is 0 Å².